The van der Waals surface area contributed by atoms with Gasteiger partial charge in [-0.15, -0.1) is 0 Å². The number of aliphatic imine (C=N–C) groups is 4. The second-order valence-corrected chi connectivity index (χ2v) is 49.9. The van der Waals surface area contributed by atoms with E-state index in [2.05, 4.69) is 176 Å². The SMILES string of the molecule is Cc1cc(O[Si](C)(C)CCC[Si](CCC[Si](C)(C)Oc2cc(C)c(N=Cc3ccccn3)cc2C)(CCC[Si](C)(C)Oc2cc(C)c(N=Cc3ccccn3)cc2C)CCC[Si](C)(C)Oc2cc(C)c(N=Cc3ccccn3)cc2C)c(C)cc1N=Cc1ccccn1. The van der Waals surface area contributed by atoms with Crippen molar-refractivity contribution >= 4 is 89.0 Å². The number of nitrogens with zero attached hydrogens (tertiary/aromatic N) is 8. The summed E-state index contributed by atoms with van der Waals surface area (Å²) in [5.74, 6) is 3.90. The number of hydrogen-bond donors (Lipinski definition) is 0. The Morgan fingerprint density at radius 1 is 0.290 bits per heavy atom. The zero-order valence-electron chi connectivity index (χ0n) is 58.4. The van der Waals surface area contributed by atoms with Gasteiger partial charge >= 0.3 is 0 Å². The lowest BCUT2D eigenvalue weighted by molar-refractivity contribution is 0.538. The van der Waals surface area contributed by atoms with Gasteiger partial charge in [-0.3, -0.25) is 39.9 Å². The topological polar surface area (TPSA) is 138 Å². The summed E-state index contributed by atoms with van der Waals surface area (Å²) in [6.07, 6.45) is 19.2. The molecule has 488 valence electrons. The molecule has 0 fully saturated rings. The zero-order chi connectivity index (χ0) is 66.8. The summed E-state index contributed by atoms with van der Waals surface area (Å²) in [6.45, 7) is 36.4. The highest BCUT2D eigenvalue weighted by atomic mass is 28.4. The molecule has 0 aliphatic heterocycles. The van der Waals surface area contributed by atoms with Crippen LogP contribution in [0, 0.1) is 55.4 Å². The Bertz CT molecular complexity index is 3380. The van der Waals surface area contributed by atoms with Gasteiger partial charge in [0, 0.05) is 24.8 Å². The van der Waals surface area contributed by atoms with Crippen molar-refractivity contribution < 1.29 is 17.7 Å². The molecule has 0 saturated heterocycles. The van der Waals surface area contributed by atoms with E-state index in [1.807, 2.05) is 97.7 Å². The quantitative estimate of drug-likeness (QED) is 0.0300. The molecule has 4 heterocycles. The Balaban J connectivity index is 1.04. The Morgan fingerprint density at radius 3 is 0.699 bits per heavy atom. The second-order valence-electron chi connectivity index (χ2n) is 28.0. The first kappa shape index (κ1) is 71.3. The van der Waals surface area contributed by atoms with Crippen LogP contribution in [0.4, 0.5) is 22.7 Å². The van der Waals surface area contributed by atoms with Gasteiger partial charge in [0.15, 0.2) is 0 Å². The summed E-state index contributed by atoms with van der Waals surface area (Å²) in [4.78, 5) is 37.2. The average Bonchev–Trinajstić information content (AvgIpc) is 0.892. The lowest BCUT2D eigenvalue weighted by Gasteiger charge is -2.36. The van der Waals surface area contributed by atoms with E-state index in [1.165, 1.54) is 24.2 Å². The Morgan fingerprint density at radius 2 is 0.505 bits per heavy atom. The van der Waals surface area contributed by atoms with Crippen LogP contribution < -0.4 is 17.7 Å². The molecule has 0 saturated carbocycles. The van der Waals surface area contributed by atoms with Gasteiger partial charge in [-0.1, -0.05) is 74.1 Å². The van der Waals surface area contributed by atoms with Crippen LogP contribution in [0.2, 0.25) is 101 Å². The van der Waals surface area contributed by atoms with Crippen molar-refractivity contribution in [3.63, 3.8) is 0 Å². The minimum absolute atomic E-state index is 0.835. The third-order valence-electron chi connectivity index (χ3n) is 17.6. The van der Waals surface area contributed by atoms with Gasteiger partial charge in [0.25, 0.3) is 0 Å². The normalized spacial score (nSPS) is 13.2. The van der Waals surface area contributed by atoms with Gasteiger partial charge in [0.1, 0.15) is 23.0 Å². The predicted molar refractivity (Wildman–Crippen MR) is 405 cm³/mol. The highest BCUT2D eigenvalue weighted by molar-refractivity contribution is 6.81. The van der Waals surface area contributed by atoms with Gasteiger partial charge in [-0.25, -0.2) is 0 Å². The van der Waals surface area contributed by atoms with Crippen LogP contribution in [0.25, 0.3) is 0 Å². The highest BCUT2D eigenvalue weighted by Crippen LogP contribution is 2.41. The average molecular weight is 1330 g/mol. The van der Waals surface area contributed by atoms with E-state index >= 15 is 0 Å². The molecule has 4 aromatic heterocycles. The fourth-order valence-electron chi connectivity index (χ4n) is 12.1. The number of aromatic nitrogens is 4. The first-order chi connectivity index (χ1) is 44.2. The van der Waals surface area contributed by atoms with Crippen LogP contribution in [0.15, 0.2) is 166 Å². The van der Waals surface area contributed by atoms with E-state index in [1.54, 1.807) is 24.8 Å². The molecule has 0 aliphatic rings. The molecular weight excluding hydrogens is 1230 g/mol. The summed E-state index contributed by atoms with van der Waals surface area (Å²) < 4.78 is 28.8. The Hall–Kier alpha value is -7.56. The maximum atomic E-state index is 7.20. The van der Waals surface area contributed by atoms with Gasteiger partial charge in [-0.2, -0.15) is 0 Å². The fraction of sp³-hybridized carbons (Fsp3) is 0.368. The molecule has 8 rings (SSSR count). The minimum atomic E-state index is -2.21. The second kappa shape index (κ2) is 32.5. The van der Waals surface area contributed by atoms with E-state index in [0.29, 0.717) is 0 Å². The van der Waals surface area contributed by atoms with Crippen molar-refractivity contribution in [2.75, 3.05) is 0 Å². The summed E-state index contributed by atoms with van der Waals surface area (Å²) in [5, 5.41) is 0. The molecule has 0 atom stereocenters. The molecule has 0 amide bonds. The number of aryl methyl sites for hydroxylation is 8. The van der Waals surface area contributed by atoms with Crippen LogP contribution in [0.1, 0.15) is 93.0 Å². The molecule has 0 unspecified atom stereocenters. The van der Waals surface area contributed by atoms with Gasteiger partial charge in [-0.05, 0) is 274 Å². The molecule has 8 aromatic rings. The van der Waals surface area contributed by atoms with E-state index in [0.717, 1.165) is 163 Å². The lowest BCUT2D eigenvalue weighted by Crippen LogP contribution is -2.40. The number of benzene rings is 4. The van der Waals surface area contributed by atoms with E-state index in [-0.39, 0.29) is 0 Å². The Kier molecular flexibility index (Phi) is 24.9. The van der Waals surface area contributed by atoms with Crippen LogP contribution >= 0.6 is 0 Å². The van der Waals surface area contributed by atoms with Gasteiger partial charge in [0.05, 0.1) is 78.5 Å². The first-order valence-corrected chi connectivity index (χ1v) is 48.5. The van der Waals surface area contributed by atoms with Crippen molar-refractivity contribution in [2.45, 2.75) is 182 Å². The van der Waals surface area contributed by atoms with Gasteiger partial charge < -0.3 is 17.7 Å². The minimum Gasteiger partial charge on any atom is -0.544 e. The molecule has 0 bridgehead atoms. The molecule has 0 aliphatic carbocycles. The predicted octanol–water partition coefficient (Wildman–Crippen LogP) is 21.2. The fourth-order valence-corrected chi connectivity index (χ4v) is 26.6. The molecular formula is C76H100N8O4Si5. The molecule has 0 N–H and O–H groups in total. The summed E-state index contributed by atoms with van der Waals surface area (Å²) >= 11 is 0. The van der Waals surface area contributed by atoms with E-state index in [9.17, 15) is 0 Å². The maximum absolute atomic E-state index is 7.20. The van der Waals surface area contributed by atoms with E-state index in [4.69, 9.17) is 37.7 Å². The molecule has 4 aromatic carbocycles. The number of hydrogen-bond acceptors (Lipinski definition) is 12. The summed E-state index contributed by atoms with van der Waals surface area (Å²) in [6, 6.07) is 50.3. The van der Waals surface area contributed by atoms with Crippen molar-refractivity contribution in [1.29, 1.82) is 0 Å². The van der Waals surface area contributed by atoms with Gasteiger partial charge in [0.2, 0.25) is 33.3 Å². The van der Waals surface area contributed by atoms with Crippen molar-refractivity contribution in [2.24, 2.45) is 20.0 Å². The molecule has 93 heavy (non-hydrogen) atoms. The smallest absolute Gasteiger partial charge is 0.245 e. The lowest BCUT2D eigenvalue weighted by atomic mass is 10.1. The van der Waals surface area contributed by atoms with E-state index < -0.39 is 41.3 Å². The monoisotopic (exact) mass is 1330 g/mol. The standard InChI is InChI=1S/C76H100N8O4Si5/c1-57-49-73(61(5)45-69(57)81-53-65-29-17-21-33-77-65)85-89(9,10)37-25-41-93(42-26-38-90(11,12)86-74-50-58(2)70(46-62(74)6)82-54-66-30-18-22-34-78-66,43-27-39-91(13,14)87-75-51-59(3)71(47-63(75)7)83-55-67-31-19-23-35-79-67)44-28-40-92(15,16)88-76-52-60(4)72(48-64(76)8)84-56-68-32-20-24-36-80-68/h17-24,29-36,45-56H,25-28,37-44H2,1-16H3. The third kappa shape index (κ3) is 22.3. The van der Waals surface area contributed by atoms with Crippen molar-refractivity contribution in [3.05, 3.63) is 213 Å². The molecule has 12 nitrogen and oxygen atoms in total. The zero-order valence-corrected chi connectivity index (χ0v) is 63.4. The van der Waals surface area contributed by atoms with Crippen LogP contribution in [0.3, 0.4) is 0 Å². The highest BCUT2D eigenvalue weighted by Gasteiger charge is 2.38. The molecule has 17 heteroatoms. The van der Waals surface area contributed by atoms with Crippen LogP contribution in [-0.4, -0.2) is 86.1 Å². The third-order valence-corrected chi connectivity index (χ3v) is 32.5. The van der Waals surface area contributed by atoms with Crippen molar-refractivity contribution in [3.8, 4) is 23.0 Å². The van der Waals surface area contributed by atoms with Crippen LogP contribution in [-0.2, 0) is 0 Å². The van der Waals surface area contributed by atoms with Crippen LogP contribution in [0.5, 0.6) is 23.0 Å². The first-order valence-electron chi connectivity index (χ1n) is 33.2. The summed E-state index contributed by atoms with van der Waals surface area (Å²) in [7, 11) is -10.9. The largest absolute Gasteiger partial charge is 0.544 e. The van der Waals surface area contributed by atoms with Crippen molar-refractivity contribution in [1.82, 2.24) is 19.9 Å². The maximum Gasteiger partial charge on any atom is 0.245 e. The number of pyridine rings is 4. The summed E-state index contributed by atoms with van der Waals surface area (Å²) in [5.41, 5.74) is 15.9. The Labute approximate surface area is 561 Å². The molecule has 0 radical (unpaired) electrons. The number of rotatable bonds is 32. The molecule has 0 spiro atoms.